The lowest BCUT2D eigenvalue weighted by atomic mass is 10.1. The van der Waals surface area contributed by atoms with Crippen LogP contribution in [0.25, 0.3) is 11.0 Å². The minimum atomic E-state index is 0.188. The summed E-state index contributed by atoms with van der Waals surface area (Å²) in [6, 6.07) is 2.12. The summed E-state index contributed by atoms with van der Waals surface area (Å²) in [7, 11) is 2.01. The molecule has 15 heavy (non-hydrogen) atoms. The monoisotopic (exact) mass is 204 g/mol. The average molecular weight is 204 g/mol. The molecular formula is C11H16N4. The van der Waals surface area contributed by atoms with Gasteiger partial charge < -0.3 is 10.3 Å². The van der Waals surface area contributed by atoms with E-state index in [2.05, 4.69) is 21.5 Å². The minimum absolute atomic E-state index is 0.188. The molecule has 80 valence electrons. The third kappa shape index (κ3) is 1.85. The summed E-state index contributed by atoms with van der Waals surface area (Å²) in [5.41, 5.74) is 7.98. The van der Waals surface area contributed by atoms with Gasteiger partial charge in [0.1, 0.15) is 5.82 Å². The second-order valence-electron chi connectivity index (χ2n) is 3.82. The van der Waals surface area contributed by atoms with Gasteiger partial charge in [0.2, 0.25) is 0 Å². The number of fused-ring (bicyclic) bond motifs is 1. The van der Waals surface area contributed by atoms with E-state index < -0.39 is 0 Å². The number of aryl methyl sites for hydroxylation is 1. The molecule has 0 spiro atoms. The van der Waals surface area contributed by atoms with E-state index in [1.54, 1.807) is 6.20 Å². The van der Waals surface area contributed by atoms with Crippen molar-refractivity contribution in [3.63, 3.8) is 0 Å². The molecule has 1 unspecified atom stereocenters. The third-order valence-electron chi connectivity index (χ3n) is 2.74. The fourth-order valence-electron chi connectivity index (χ4n) is 1.65. The summed E-state index contributed by atoms with van der Waals surface area (Å²) >= 11 is 0. The molecule has 0 aliphatic heterocycles. The Labute approximate surface area is 89.1 Å². The Kier molecular flexibility index (Phi) is 2.68. The van der Waals surface area contributed by atoms with Crippen LogP contribution in [0.15, 0.2) is 18.5 Å². The summed E-state index contributed by atoms with van der Waals surface area (Å²) in [6.07, 6.45) is 5.39. The largest absolute Gasteiger partial charge is 0.330 e. The van der Waals surface area contributed by atoms with E-state index in [1.807, 2.05) is 19.3 Å². The zero-order valence-electron chi connectivity index (χ0n) is 9.14. The third-order valence-corrected chi connectivity index (χ3v) is 2.74. The molecule has 2 heterocycles. The average Bonchev–Trinajstić information content (AvgIpc) is 2.57. The summed E-state index contributed by atoms with van der Waals surface area (Å²) in [5, 5.41) is 0. The molecule has 2 aromatic heterocycles. The maximum absolute atomic E-state index is 5.93. The molecule has 4 nitrogen and oxygen atoms in total. The van der Waals surface area contributed by atoms with Crippen molar-refractivity contribution >= 4 is 11.0 Å². The second-order valence-corrected chi connectivity index (χ2v) is 3.82. The minimum Gasteiger partial charge on any atom is -0.330 e. The van der Waals surface area contributed by atoms with Gasteiger partial charge in [-0.3, -0.25) is 4.98 Å². The predicted molar refractivity (Wildman–Crippen MR) is 60.5 cm³/mol. The summed E-state index contributed by atoms with van der Waals surface area (Å²) < 4.78 is 2.07. The summed E-state index contributed by atoms with van der Waals surface area (Å²) in [4.78, 5) is 8.64. The number of nitrogens with two attached hydrogens (primary N) is 1. The molecule has 2 rings (SSSR count). The molecule has 0 amide bonds. The second kappa shape index (κ2) is 3.98. The molecule has 0 aliphatic carbocycles. The van der Waals surface area contributed by atoms with Crippen LogP contribution < -0.4 is 5.73 Å². The number of aromatic nitrogens is 3. The molecule has 2 aromatic rings. The van der Waals surface area contributed by atoms with E-state index in [0.717, 1.165) is 29.7 Å². The van der Waals surface area contributed by atoms with Crippen molar-refractivity contribution in [2.75, 3.05) is 0 Å². The van der Waals surface area contributed by atoms with Gasteiger partial charge in [-0.25, -0.2) is 4.98 Å². The van der Waals surface area contributed by atoms with Crippen molar-refractivity contribution < 1.29 is 0 Å². The Morgan fingerprint density at radius 2 is 2.33 bits per heavy atom. The van der Waals surface area contributed by atoms with Crippen molar-refractivity contribution in [3.05, 3.63) is 24.3 Å². The molecule has 0 saturated heterocycles. The van der Waals surface area contributed by atoms with Gasteiger partial charge in [-0.1, -0.05) is 6.92 Å². The number of hydrogen-bond donors (Lipinski definition) is 1. The van der Waals surface area contributed by atoms with Gasteiger partial charge in [0.05, 0.1) is 17.2 Å². The highest BCUT2D eigenvalue weighted by atomic mass is 15.1. The van der Waals surface area contributed by atoms with Gasteiger partial charge in [0.15, 0.2) is 0 Å². The molecule has 4 heteroatoms. The highest BCUT2D eigenvalue weighted by Gasteiger charge is 2.10. The maximum atomic E-state index is 5.93. The number of nitrogens with zero attached hydrogens (tertiary/aromatic N) is 3. The number of imidazole rings is 1. The standard InChI is InChI=1S/C11H16N4/c1-3-8(12)6-11-14-9-4-5-13-7-10(9)15(11)2/h4-5,7-8H,3,6,12H2,1-2H3. The van der Waals surface area contributed by atoms with Crippen LogP contribution in [0, 0.1) is 0 Å². The van der Waals surface area contributed by atoms with Gasteiger partial charge >= 0.3 is 0 Å². The lowest BCUT2D eigenvalue weighted by Gasteiger charge is -2.07. The molecule has 0 bridgehead atoms. The lowest BCUT2D eigenvalue weighted by molar-refractivity contribution is 0.612. The van der Waals surface area contributed by atoms with Gasteiger partial charge in [-0.2, -0.15) is 0 Å². The highest BCUT2D eigenvalue weighted by Crippen LogP contribution is 2.14. The van der Waals surface area contributed by atoms with Gasteiger partial charge in [0.25, 0.3) is 0 Å². The molecule has 0 fully saturated rings. The van der Waals surface area contributed by atoms with Crippen molar-refractivity contribution in [2.24, 2.45) is 12.8 Å². The Balaban J connectivity index is 2.40. The van der Waals surface area contributed by atoms with Gasteiger partial charge in [-0.05, 0) is 12.5 Å². The Hall–Kier alpha value is -1.42. The summed E-state index contributed by atoms with van der Waals surface area (Å²) in [6.45, 7) is 2.09. The van der Waals surface area contributed by atoms with Crippen LogP contribution in [0.1, 0.15) is 19.2 Å². The van der Waals surface area contributed by atoms with Crippen LogP contribution in [-0.4, -0.2) is 20.6 Å². The normalized spacial score (nSPS) is 13.3. The number of rotatable bonds is 3. The van der Waals surface area contributed by atoms with Crippen LogP contribution in [0.2, 0.25) is 0 Å². The van der Waals surface area contributed by atoms with Crippen LogP contribution in [0.4, 0.5) is 0 Å². The van der Waals surface area contributed by atoms with Gasteiger partial charge in [0, 0.05) is 25.7 Å². The smallest absolute Gasteiger partial charge is 0.111 e. The van der Waals surface area contributed by atoms with Crippen molar-refractivity contribution in [1.82, 2.24) is 14.5 Å². The Morgan fingerprint density at radius 3 is 3.00 bits per heavy atom. The molecule has 0 saturated carbocycles. The van der Waals surface area contributed by atoms with Gasteiger partial charge in [-0.15, -0.1) is 0 Å². The number of pyridine rings is 1. The first-order valence-corrected chi connectivity index (χ1v) is 5.23. The predicted octanol–water partition coefficient (Wildman–Crippen LogP) is 1.25. The molecule has 2 N–H and O–H groups in total. The highest BCUT2D eigenvalue weighted by molar-refractivity contribution is 5.74. The molecule has 0 aliphatic rings. The first-order chi connectivity index (χ1) is 7.22. The topological polar surface area (TPSA) is 56.7 Å². The van der Waals surface area contributed by atoms with Crippen LogP contribution in [0.5, 0.6) is 0 Å². The van der Waals surface area contributed by atoms with E-state index in [1.165, 1.54) is 0 Å². The first kappa shape index (κ1) is 10.1. The van der Waals surface area contributed by atoms with E-state index in [-0.39, 0.29) is 6.04 Å². The molecular weight excluding hydrogens is 188 g/mol. The molecule has 0 aromatic carbocycles. The van der Waals surface area contributed by atoms with E-state index in [0.29, 0.717) is 0 Å². The molecule has 0 radical (unpaired) electrons. The Bertz CT molecular complexity index is 461. The number of hydrogen-bond acceptors (Lipinski definition) is 3. The van der Waals surface area contributed by atoms with Crippen molar-refractivity contribution in [1.29, 1.82) is 0 Å². The van der Waals surface area contributed by atoms with E-state index in [9.17, 15) is 0 Å². The first-order valence-electron chi connectivity index (χ1n) is 5.23. The zero-order chi connectivity index (χ0) is 10.8. The lowest BCUT2D eigenvalue weighted by Crippen LogP contribution is -2.23. The fourth-order valence-corrected chi connectivity index (χ4v) is 1.65. The van der Waals surface area contributed by atoms with Crippen LogP contribution >= 0.6 is 0 Å². The zero-order valence-corrected chi connectivity index (χ0v) is 9.14. The van der Waals surface area contributed by atoms with Crippen molar-refractivity contribution in [2.45, 2.75) is 25.8 Å². The Morgan fingerprint density at radius 1 is 1.53 bits per heavy atom. The maximum Gasteiger partial charge on any atom is 0.111 e. The van der Waals surface area contributed by atoms with E-state index >= 15 is 0 Å². The quantitative estimate of drug-likeness (QED) is 0.818. The summed E-state index contributed by atoms with van der Waals surface area (Å²) in [5.74, 6) is 1.03. The van der Waals surface area contributed by atoms with E-state index in [4.69, 9.17) is 5.73 Å². The molecule has 1 atom stereocenters. The van der Waals surface area contributed by atoms with Crippen LogP contribution in [-0.2, 0) is 13.5 Å². The fraction of sp³-hybridized carbons (Fsp3) is 0.455. The van der Waals surface area contributed by atoms with Crippen LogP contribution in [0.3, 0.4) is 0 Å². The SMILES string of the molecule is CCC(N)Cc1nc2ccncc2n1C. The van der Waals surface area contributed by atoms with Crippen molar-refractivity contribution in [3.8, 4) is 0 Å².